The summed E-state index contributed by atoms with van der Waals surface area (Å²) in [6, 6.07) is 5.09. The van der Waals surface area contributed by atoms with Crippen molar-refractivity contribution >= 4 is 28.0 Å². The van der Waals surface area contributed by atoms with Gasteiger partial charge in [0.15, 0.2) is 0 Å². The van der Waals surface area contributed by atoms with E-state index in [0.717, 1.165) is 5.56 Å². The van der Waals surface area contributed by atoms with Crippen LogP contribution < -0.4 is 0 Å². The second-order valence-electron chi connectivity index (χ2n) is 3.27. The quantitative estimate of drug-likeness (QED) is 0.629. The Bertz CT molecular complexity index is 437. The van der Waals surface area contributed by atoms with E-state index in [1.807, 2.05) is 0 Å². The first kappa shape index (κ1) is 10.2. The number of aromatic hydroxyl groups is 1. The smallest absolute Gasteiger partial charge is 0.334 e. The van der Waals surface area contributed by atoms with Crippen molar-refractivity contribution in [2.24, 2.45) is 0 Å². The van der Waals surface area contributed by atoms with E-state index < -0.39 is 0 Å². The zero-order chi connectivity index (χ0) is 10.8. The lowest BCUT2D eigenvalue weighted by Crippen LogP contribution is -1.94. The average Bonchev–Trinajstić information content (AvgIpc) is 2.59. The number of benzene rings is 1. The van der Waals surface area contributed by atoms with Crippen LogP contribution in [0.2, 0.25) is 0 Å². The minimum atomic E-state index is -0.251. The molecular weight excluding hydrogens is 260 g/mol. The second-order valence-corrected chi connectivity index (χ2v) is 4.12. The molecule has 1 heterocycles. The summed E-state index contributed by atoms with van der Waals surface area (Å²) in [6.45, 7) is 0.462. The molecule has 1 aliphatic heterocycles. The van der Waals surface area contributed by atoms with Gasteiger partial charge >= 0.3 is 5.97 Å². The highest BCUT2D eigenvalue weighted by atomic mass is 79.9. The Hall–Kier alpha value is -1.29. The zero-order valence-corrected chi connectivity index (χ0v) is 9.45. The van der Waals surface area contributed by atoms with Crippen LogP contribution in [-0.4, -0.2) is 17.7 Å². The molecule has 1 saturated heterocycles. The first-order valence-corrected chi connectivity index (χ1v) is 5.32. The fourth-order valence-electron chi connectivity index (χ4n) is 1.39. The van der Waals surface area contributed by atoms with Gasteiger partial charge in [0, 0.05) is 12.0 Å². The number of rotatable bonds is 1. The predicted octanol–water partition coefficient (Wildman–Crippen LogP) is 2.49. The van der Waals surface area contributed by atoms with Gasteiger partial charge in [0.25, 0.3) is 0 Å². The molecule has 1 aromatic rings. The molecule has 0 spiro atoms. The summed E-state index contributed by atoms with van der Waals surface area (Å²) in [5, 5.41) is 9.30. The number of hydrogen-bond acceptors (Lipinski definition) is 3. The van der Waals surface area contributed by atoms with E-state index in [0.29, 0.717) is 23.1 Å². The molecular formula is C11H9BrO3. The standard InChI is InChI=1S/C11H9BrO3/c12-9-6-7(1-2-10(9)13)5-8-3-4-15-11(8)14/h1-2,5-6,13H,3-4H2/b8-5+. The fourth-order valence-corrected chi connectivity index (χ4v) is 1.79. The number of halogens is 1. The number of hydrogen-bond donors (Lipinski definition) is 1. The topological polar surface area (TPSA) is 46.5 Å². The van der Waals surface area contributed by atoms with E-state index >= 15 is 0 Å². The third kappa shape index (κ3) is 2.21. The van der Waals surface area contributed by atoms with Crippen molar-refractivity contribution in [1.82, 2.24) is 0 Å². The van der Waals surface area contributed by atoms with Gasteiger partial charge in [-0.1, -0.05) is 6.07 Å². The Kier molecular flexibility index (Phi) is 2.77. The molecule has 1 aromatic carbocycles. The monoisotopic (exact) mass is 268 g/mol. The van der Waals surface area contributed by atoms with E-state index in [-0.39, 0.29) is 11.7 Å². The van der Waals surface area contributed by atoms with Crippen LogP contribution in [0.1, 0.15) is 12.0 Å². The van der Waals surface area contributed by atoms with Gasteiger partial charge in [0.1, 0.15) is 5.75 Å². The maximum atomic E-state index is 11.2. The molecule has 1 fully saturated rings. The summed E-state index contributed by atoms with van der Waals surface area (Å²) in [5.41, 5.74) is 1.54. The molecule has 2 rings (SSSR count). The van der Waals surface area contributed by atoms with Crippen molar-refractivity contribution in [2.75, 3.05) is 6.61 Å². The van der Waals surface area contributed by atoms with Gasteiger partial charge in [0.2, 0.25) is 0 Å². The molecule has 0 aromatic heterocycles. The van der Waals surface area contributed by atoms with Gasteiger partial charge in [-0.05, 0) is 39.7 Å². The molecule has 3 nitrogen and oxygen atoms in total. The van der Waals surface area contributed by atoms with Gasteiger partial charge in [-0.25, -0.2) is 4.79 Å². The highest BCUT2D eigenvalue weighted by Crippen LogP contribution is 2.26. The highest BCUT2D eigenvalue weighted by Gasteiger charge is 2.18. The third-order valence-corrected chi connectivity index (χ3v) is 2.81. The van der Waals surface area contributed by atoms with Crippen molar-refractivity contribution in [2.45, 2.75) is 6.42 Å². The third-order valence-electron chi connectivity index (χ3n) is 2.18. The van der Waals surface area contributed by atoms with Gasteiger partial charge < -0.3 is 9.84 Å². The van der Waals surface area contributed by atoms with Crippen LogP contribution in [0.3, 0.4) is 0 Å². The van der Waals surface area contributed by atoms with Crippen LogP contribution in [0, 0.1) is 0 Å². The molecule has 15 heavy (non-hydrogen) atoms. The number of phenols is 1. The molecule has 0 saturated carbocycles. The van der Waals surface area contributed by atoms with Crippen molar-refractivity contribution in [3.63, 3.8) is 0 Å². The summed E-state index contributed by atoms with van der Waals surface area (Å²) in [5.74, 6) is -0.0645. The number of phenolic OH excluding ortho intramolecular Hbond substituents is 1. The fraction of sp³-hybridized carbons (Fsp3) is 0.182. The minimum absolute atomic E-state index is 0.186. The van der Waals surface area contributed by atoms with Crippen molar-refractivity contribution in [1.29, 1.82) is 0 Å². The molecule has 1 N–H and O–H groups in total. The lowest BCUT2D eigenvalue weighted by atomic mass is 10.1. The summed E-state index contributed by atoms with van der Waals surface area (Å²) in [6.07, 6.45) is 2.43. The molecule has 78 valence electrons. The SMILES string of the molecule is O=C1OCC/C1=C\c1ccc(O)c(Br)c1. The summed E-state index contributed by atoms with van der Waals surface area (Å²) in [4.78, 5) is 11.2. The number of ether oxygens (including phenoxy) is 1. The van der Waals surface area contributed by atoms with Crippen molar-refractivity contribution < 1.29 is 14.6 Å². The van der Waals surface area contributed by atoms with Gasteiger partial charge in [-0.15, -0.1) is 0 Å². The Morgan fingerprint density at radius 3 is 2.87 bits per heavy atom. The normalized spacial score (nSPS) is 18.2. The van der Waals surface area contributed by atoms with Crippen LogP contribution in [0.15, 0.2) is 28.2 Å². The predicted molar refractivity (Wildman–Crippen MR) is 59.4 cm³/mol. The number of carbonyl (C=O) groups excluding carboxylic acids is 1. The molecule has 0 bridgehead atoms. The average molecular weight is 269 g/mol. The maximum absolute atomic E-state index is 11.2. The number of carbonyl (C=O) groups is 1. The van der Waals surface area contributed by atoms with E-state index in [9.17, 15) is 9.90 Å². The van der Waals surface area contributed by atoms with Crippen LogP contribution in [0.25, 0.3) is 6.08 Å². The summed E-state index contributed by atoms with van der Waals surface area (Å²) >= 11 is 3.22. The first-order valence-electron chi connectivity index (χ1n) is 4.53. The zero-order valence-electron chi connectivity index (χ0n) is 7.87. The second kappa shape index (κ2) is 4.06. The lowest BCUT2D eigenvalue weighted by Gasteiger charge is -1.99. The molecule has 0 unspecified atom stereocenters. The highest BCUT2D eigenvalue weighted by molar-refractivity contribution is 9.10. The van der Waals surface area contributed by atoms with Crippen LogP contribution in [0.5, 0.6) is 5.75 Å². The minimum Gasteiger partial charge on any atom is -0.507 e. The molecule has 0 atom stereocenters. The number of cyclic esters (lactones) is 1. The summed E-state index contributed by atoms with van der Waals surface area (Å²) in [7, 11) is 0. The van der Waals surface area contributed by atoms with Crippen molar-refractivity contribution in [3.8, 4) is 5.75 Å². The van der Waals surface area contributed by atoms with Crippen LogP contribution in [-0.2, 0) is 9.53 Å². The van der Waals surface area contributed by atoms with Gasteiger partial charge in [-0.3, -0.25) is 0 Å². The molecule has 1 aliphatic rings. The van der Waals surface area contributed by atoms with E-state index in [2.05, 4.69) is 15.9 Å². The molecule has 4 heteroatoms. The molecule has 0 radical (unpaired) electrons. The van der Waals surface area contributed by atoms with Crippen LogP contribution in [0.4, 0.5) is 0 Å². The lowest BCUT2D eigenvalue weighted by molar-refractivity contribution is -0.134. The first-order chi connectivity index (χ1) is 7.16. The maximum Gasteiger partial charge on any atom is 0.334 e. The van der Waals surface area contributed by atoms with E-state index in [4.69, 9.17) is 4.74 Å². The van der Waals surface area contributed by atoms with Gasteiger partial charge in [-0.2, -0.15) is 0 Å². The Morgan fingerprint density at radius 1 is 1.47 bits per heavy atom. The largest absolute Gasteiger partial charge is 0.507 e. The number of esters is 1. The van der Waals surface area contributed by atoms with Crippen LogP contribution >= 0.6 is 15.9 Å². The Balaban J connectivity index is 2.31. The Labute approximate surface area is 95.5 Å². The molecule has 0 amide bonds. The van der Waals surface area contributed by atoms with Crippen molar-refractivity contribution in [3.05, 3.63) is 33.8 Å². The van der Waals surface area contributed by atoms with Gasteiger partial charge in [0.05, 0.1) is 11.1 Å². The molecule has 0 aliphatic carbocycles. The summed E-state index contributed by atoms with van der Waals surface area (Å²) < 4.78 is 5.44. The van der Waals surface area contributed by atoms with E-state index in [1.54, 1.807) is 24.3 Å². The Morgan fingerprint density at radius 2 is 2.27 bits per heavy atom. The van der Waals surface area contributed by atoms with E-state index in [1.165, 1.54) is 0 Å².